The Kier molecular flexibility index (Phi) is 3.68. The summed E-state index contributed by atoms with van der Waals surface area (Å²) in [6.07, 6.45) is 6.04. The molecule has 0 aromatic heterocycles. The van der Waals surface area contributed by atoms with Crippen LogP contribution in [0.4, 0.5) is 0 Å². The molecule has 1 rings (SSSR count). The van der Waals surface area contributed by atoms with Crippen LogP contribution in [-0.2, 0) is 4.74 Å². The molecule has 1 N–H and O–H groups in total. The molecule has 0 bridgehead atoms. The van der Waals surface area contributed by atoms with Crippen LogP contribution in [0.3, 0.4) is 0 Å². The summed E-state index contributed by atoms with van der Waals surface area (Å²) < 4.78 is 5.21. The first-order chi connectivity index (χ1) is 6.24. The quantitative estimate of drug-likeness (QED) is 0.663. The normalized spacial score (nSPS) is 16.2. The van der Waals surface area contributed by atoms with Crippen LogP contribution in [0.5, 0.6) is 0 Å². The maximum absolute atomic E-state index is 6.92. The fraction of sp³-hybridized carbons (Fsp3) is 0.600. The summed E-state index contributed by atoms with van der Waals surface area (Å²) in [5, 5.41) is 3.36. The Balaban J connectivity index is 2.58. The lowest BCUT2D eigenvalue weighted by molar-refractivity contribution is 0.230. The molecule has 0 saturated carbocycles. The van der Waals surface area contributed by atoms with Crippen molar-refractivity contribution < 1.29 is 4.74 Å². The molecule has 1 aliphatic heterocycles. The van der Waals surface area contributed by atoms with Crippen molar-refractivity contribution in [1.82, 2.24) is 0 Å². The summed E-state index contributed by atoms with van der Waals surface area (Å²) >= 11 is 0. The second-order valence-corrected chi connectivity index (χ2v) is 3.59. The SMILES string of the molecule is CC(C)CCC1=C(N=N)OCC=C1. The van der Waals surface area contributed by atoms with Crippen molar-refractivity contribution in [3.8, 4) is 0 Å². The van der Waals surface area contributed by atoms with Crippen LogP contribution in [-0.4, -0.2) is 6.61 Å². The van der Waals surface area contributed by atoms with E-state index in [1.165, 1.54) is 0 Å². The van der Waals surface area contributed by atoms with E-state index in [0.717, 1.165) is 18.4 Å². The maximum atomic E-state index is 6.92. The van der Waals surface area contributed by atoms with Crippen LogP contribution in [0.2, 0.25) is 0 Å². The predicted molar refractivity (Wildman–Crippen MR) is 51.3 cm³/mol. The Morgan fingerprint density at radius 3 is 3.00 bits per heavy atom. The van der Waals surface area contributed by atoms with Crippen molar-refractivity contribution >= 4 is 0 Å². The molecule has 13 heavy (non-hydrogen) atoms. The highest BCUT2D eigenvalue weighted by molar-refractivity contribution is 5.24. The average molecular weight is 180 g/mol. The van der Waals surface area contributed by atoms with Gasteiger partial charge in [-0.05, 0) is 24.8 Å². The van der Waals surface area contributed by atoms with Gasteiger partial charge < -0.3 is 4.74 Å². The van der Waals surface area contributed by atoms with Crippen molar-refractivity contribution in [1.29, 1.82) is 5.53 Å². The van der Waals surface area contributed by atoms with Gasteiger partial charge in [-0.15, -0.1) is 5.11 Å². The Hall–Kier alpha value is -1.12. The van der Waals surface area contributed by atoms with Crippen LogP contribution >= 0.6 is 0 Å². The van der Waals surface area contributed by atoms with Gasteiger partial charge in [-0.25, -0.2) is 5.53 Å². The lowest BCUT2D eigenvalue weighted by atomic mass is 10.0. The molecule has 1 aliphatic rings. The summed E-state index contributed by atoms with van der Waals surface area (Å²) in [6, 6.07) is 0. The zero-order valence-corrected chi connectivity index (χ0v) is 8.21. The molecule has 0 saturated heterocycles. The topological polar surface area (TPSA) is 45.4 Å². The van der Waals surface area contributed by atoms with Crippen molar-refractivity contribution in [3.63, 3.8) is 0 Å². The second-order valence-electron chi connectivity index (χ2n) is 3.59. The summed E-state index contributed by atoms with van der Waals surface area (Å²) in [7, 11) is 0. The van der Waals surface area contributed by atoms with Gasteiger partial charge in [0.2, 0.25) is 5.88 Å². The van der Waals surface area contributed by atoms with Gasteiger partial charge in [0.1, 0.15) is 6.61 Å². The van der Waals surface area contributed by atoms with Crippen molar-refractivity contribution in [2.45, 2.75) is 26.7 Å². The van der Waals surface area contributed by atoms with Gasteiger partial charge >= 0.3 is 0 Å². The predicted octanol–water partition coefficient (Wildman–Crippen LogP) is 3.25. The third-order valence-corrected chi connectivity index (χ3v) is 2.00. The van der Waals surface area contributed by atoms with E-state index < -0.39 is 0 Å². The molecule has 1 heterocycles. The van der Waals surface area contributed by atoms with Gasteiger partial charge in [0, 0.05) is 5.57 Å². The number of hydrogen-bond donors (Lipinski definition) is 1. The summed E-state index contributed by atoms with van der Waals surface area (Å²) in [4.78, 5) is 0. The minimum absolute atomic E-state index is 0.489. The molecule has 0 atom stereocenters. The lowest BCUT2D eigenvalue weighted by Crippen LogP contribution is -2.01. The first-order valence-corrected chi connectivity index (χ1v) is 4.64. The number of allylic oxidation sites excluding steroid dienone is 2. The molecular weight excluding hydrogens is 164 g/mol. The van der Waals surface area contributed by atoms with E-state index in [0.29, 0.717) is 18.4 Å². The average Bonchev–Trinajstić information content (AvgIpc) is 2.15. The molecule has 0 amide bonds. The van der Waals surface area contributed by atoms with Crippen LogP contribution < -0.4 is 0 Å². The molecule has 0 aromatic rings. The smallest absolute Gasteiger partial charge is 0.236 e. The molecule has 0 aliphatic carbocycles. The zero-order chi connectivity index (χ0) is 9.68. The summed E-state index contributed by atoms with van der Waals surface area (Å²) in [6.45, 7) is 4.92. The number of nitrogens with zero attached hydrogens (tertiary/aromatic N) is 1. The first kappa shape index (κ1) is 9.96. The Bertz CT molecular complexity index is 241. The van der Waals surface area contributed by atoms with Crippen LogP contribution in [0, 0.1) is 11.4 Å². The van der Waals surface area contributed by atoms with Crippen molar-refractivity contribution in [2.24, 2.45) is 11.0 Å². The number of ether oxygens (including phenoxy) is 1. The van der Waals surface area contributed by atoms with E-state index in [1.54, 1.807) is 0 Å². The fourth-order valence-electron chi connectivity index (χ4n) is 1.22. The number of rotatable bonds is 4. The minimum atomic E-state index is 0.489. The highest BCUT2D eigenvalue weighted by Crippen LogP contribution is 2.20. The Morgan fingerprint density at radius 2 is 2.38 bits per heavy atom. The lowest BCUT2D eigenvalue weighted by Gasteiger charge is -2.13. The van der Waals surface area contributed by atoms with E-state index >= 15 is 0 Å². The van der Waals surface area contributed by atoms with Gasteiger partial charge in [0.15, 0.2) is 0 Å². The largest absolute Gasteiger partial charge is 0.472 e. The Labute approximate surface area is 79.0 Å². The van der Waals surface area contributed by atoms with Gasteiger partial charge in [0.05, 0.1) is 0 Å². The highest BCUT2D eigenvalue weighted by atomic mass is 16.5. The highest BCUT2D eigenvalue weighted by Gasteiger charge is 2.09. The molecule has 3 nitrogen and oxygen atoms in total. The monoisotopic (exact) mass is 180 g/mol. The van der Waals surface area contributed by atoms with E-state index in [4.69, 9.17) is 10.3 Å². The molecule has 0 unspecified atom stereocenters. The van der Waals surface area contributed by atoms with Crippen LogP contribution in [0.1, 0.15) is 26.7 Å². The molecule has 3 heteroatoms. The maximum Gasteiger partial charge on any atom is 0.236 e. The summed E-state index contributed by atoms with van der Waals surface area (Å²) in [5.41, 5.74) is 7.97. The van der Waals surface area contributed by atoms with E-state index in [9.17, 15) is 0 Å². The molecule has 0 fully saturated rings. The van der Waals surface area contributed by atoms with Crippen LogP contribution in [0.25, 0.3) is 0 Å². The van der Waals surface area contributed by atoms with E-state index in [-0.39, 0.29) is 0 Å². The number of hydrogen-bond acceptors (Lipinski definition) is 3. The van der Waals surface area contributed by atoms with E-state index in [2.05, 4.69) is 19.0 Å². The van der Waals surface area contributed by atoms with Crippen molar-refractivity contribution in [2.75, 3.05) is 6.61 Å². The van der Waals surface area contributed by atoms with Crippen LogP contribution in [0.15, 0.2) is 28.7 Å². The molecular formula is C10H16N2O. The first-order valence-electron chi connectivity index (χ1n) is 4.64. The minimum Gasteiger partial charge on any atom is -0.472 e. The summed E-state index contributed by atoms with van der Waals surface area (Å²) in [5.74, 6) is 1.16. The van der Waals surface area contributed by atoms with Gasteiger partial charge in [-0.1, -0.05) is 19.9 Å². The number of nitrogens with one attached hydrogen (secondary N) is 1. The third-order valence-electron chi connectivity index (χ3n) is 2.00. The standard InChI is InChI=1S/C10H16N2O/c1-8(2)5-6-9-4-3-7-13-10(9)12-11/h3-4,8,11H,5-7H2,1-2H3. The zero-order valence-electron chi connectivity index (χ0n) is 8.21. The molecule has 0 radical (unpaired) electrons. The van der Waals surface area contributed by atoms with Crippen molar-refractivity contribution in [3.05, 3.63) is 23.6 Å². The van der Waals surface area contributed by atoms with Gasteiger partial charge in [-0.3, -0.25) is 0 Å². The fourth-order valence-corrected chi connectivity index (χ4v) is 1.22. The Morgan fingerprint density at radius 1 is 1.62 bits per heavy atom. The van der Waals surface area contributed by atoms with Gasteiger partial charge in [0.25, 0.3) is 0 Å². The molecule has 72 valence electrons. The molecule has 0 aromatic carbocycles. The second kappa shape index (κ2) is 4.80. The third kappa shape index (κ3) is 3.01. The van der Waals surface area contributed by atoms with Gasteiger partial charge in [-0.2, -0.15) is 0 Å². The molecule has 0 spiro atoms. The van der Waals surface area contributed by atoms with E-state index in [1.807, 2.05) is 12.2 Å².